The average Bonchev–Trinajstić information content (AvgIpc) is 2.61. The second-order valence-corrected chi connectivity index (χ2v) is 4.95. The van der Waals surface area contributed by atoms with Gasteiger partial charge in [-0.3, -0.25) is 9.59 Å². The molecular weight excluding hydrogens is 308 g/mol. The molecule has 0 spiro atoms. The number of amides is 2. The summed E-state index contributed by atoms with van der Waals surface area (Å²) in [6.45, 7) is -0.127. The number of rotatable bonds is 6. The molecule has 0 radical (unpaired) electrons. The first-order chi connectivity index (χ1) is 11.6. The molecule has 0 saturated heterocycles. The van der Waals surface area contributed by atoms with Gasteiger partial charge in [-0.2, -0.15) is 0 Å². The zero-order valence-electron chi connectivity index (χ0n) is 12.9. The molecule has 2 amide bonds. The Kier molecular flexibility index (Phi) is 6.10. The lowest BCUT2D eigenvalue weighted by molar-refractivity contribution is -0.117. The molecule has 0 fully saturated rings. The summed E-state index contributed by atoms with van der Waals surface area (Å²) in [6, 6.07) is 14.7. The van der Waals surface area contributed by atoms with Crippen molar-refractivity contribution >= 4 is 17.9 Å². The van der Waals surface area contributed by atoms with Crippen LogP contribution in [0.5, 0.6) is 5.75 Å². The third-order valence-corrected chi connectivity index (χ3v) is 3.13. The van der Waals surface area contributed by atoms with Gasteiger partial charge in [0.25, 0.3) is 11.8 Å². The van der Waals surface area contributed by atoms with E-state index in [1.165, 1.54) is 18.2 Å². The van der Waals surface area contributed by atoms with E-state index in [-0.39, 0.29) is 24.6 Å². The van der Waals surface area contributed by atoms with Crippen LogP contribution in [0.25, 0.3) is 6.08 Å². The first kappa shape index (κ1) is 17.2. The van der Waals surface area contributed by atoms with Crippen molar-refractivity contribution in [2.75, 3.05) is 13.2 Å². The maximum absolute atomic E-state index is 12.3. The van der Waals surface area contributed by atoms with Gasteiger partial charge in [-0.15, -0.1) is 0 Å². The number of benzene rings is 2. The van der Waals surface area contributed by atoms with Gasteiger partial charge in [-0.1, -0.05) is 30.3 Å². The Hall–Kier alpha value is -3.12. The lowest BCUT2D eigenvalue weighted by Gasteiger charge is -2.10. The Bertz CT molecular complexity index is 724. The van der Waals surface area contributed by atoms with Crippen LogP contribution in [0.1, 0.15) is 15.9 Å². The largest absolute Gasteiger partial charge is 0.508 e. The SMILES string of the molecule is O=C(NCCO)C(=Cc1ccc(O)cc1)NC(=O)c1ccccc1. The average molecular weight is 326 g/mol. The van der Waals surface area contributed by atoms with Gasteiger partial charge in [-0.25, -0.2) is 0 Å². The quantitative estimate of drug-likeness (QED) is 0.601. The van der Waals surface area contributed by atoms with Gasteiger partial charge in [0.2, 0.25) is 0 Å². The van der Waals surface area contributed by atoms with Crippen LogP contribution in [-0.4, -0.2) is 35.2 Å². The molecule has 0 aliphatic rings. The number of aromatic hydroxyl groups is 1. The molecule has 0 saturated carbocycles. The van der Waals surface area contributed by atoms with Crippen molar-refractivity contribution < 1.29 is 19.8 Å². The van der Waals surface area contributed by atoms with Crippen LogP contribution in [-0.2, 0) is 4.79 Å². The predicted molar refractivity (Wildman–Crippen MR) is 90.1 cm³/mol. The molecule has 0 unspecified atom stereocenters. The number of aliphatic hydroxyl groups is 1. The minimum absolute atomic E-state index is 0.0444. The van der Waals surface area contributed by atoms with Crippen LogP contribution in [0, 0.1) is 0 Å². The molecule has 0 heterocycles. The number of phenolic OH excluding ortho intramolecular Hbond substituents is 1. The number of phenols is 1. The maximum Gasteiger partial charge on any atom is 0.267 e. The summed E-state index contributed by atoms with van der Waals surface area (Å²) in [5.74, 6) is -0.826. The molecule has 2 aromatic carbocycles. The van der Waals surface area contributed by atoms with Gasteiger partial charge >= 0.3 is 0 Å². The van der Waals surface area contributed by atoms with E-state index in [2.05, 4.69) is 10.6 Å². The van der Waals surface area contributed by atoms with Gasteiger partial charge in [0, 0.05) is 12.1 Å². The molecule has 2 aromatic rings. The van der Waals surface area contributed by atoms with Crippen LogP contribution in [0.3, 0.4) is 0 Å². The van der Waals surface area contributed by atoms with E-state index >= 15 is 0 Å². The third-order valence-electron chi connectivity index (χ3n) is 3.13. The smallest absolute Gasteiger partial charge is 0.267 e. The van der Waals surface area contributed by atoms with Crippen LogP contribution in [0.15, 0.2) is 60.3 Å². The maximum atomic E-state index is 12.3. The van der Waals surface area contributed by atoms with Crippen LogP contribution in [0.2, 0.25) is 0 Å². The minimum Gasteiger partial charge on any atom is -0.508 e. The molecule has 24 heavy (non-hydrogen) atoms. The number of hydrogen-bond acceptors (Lipinski definition) is 4. The molecular formula is C18H18N2O4. The van der Waals surface area contributed by atoms with Crippen molar-refractivity contribution in [1.29, 1.82) is 0 Å². The van der Waals surface area contributed by atoms with E-state index in [0.717, 1.165) is 0 Å². The molecule has 0 bridgehead atoms. The number of aliphatic hydroxyl groups excluding tert-OH is 1. The second-order valence-electron chi connectivity index (χ2n) is 4.95. The molecule has 0 atom stereocenters. The van der Waals surface area contributed by atoms with E-state index in [0.29, 0.717) is 11.1 Å². The second kappa shape index (κ2) is 8.50. The summed E-state index contributed by atoms with van der Waals surface area (Å²) < 4.78 is 0. The molecule has 2 rings (SSSR count). The van der Waals surface area contributed by atoms with E-state index < -0.39 is 11.8 Å². The predicted octanol–water partition coefficient (Wildman–Crippen LogP) is 1.27. The van der Waals surface area contributed by atoms with Crippen LogP contribution < -0.4 is 10.6 Å². The minimum atomic E-state index is -0.513. The van der Waals surface area contributed by atoms with Crippen molar-refractivity contribution in [2.45, 2.75) is 0 Å². The van der Waals surface area contributed by atoms with Crippen molar-refractivity contribution in [1.82, 2.24) is 10.6 Å². The topological polar surface area (TPSA) is 98.7 Å². The van der Waals surface area contributed by atoms with Crippen molar-refractivity contribution in [3.05, 3.63) is 71.4 Å². The Morgan fingerprint density at radius 3 is 2.29 bits per heavy atom. The first-order valence-corrected chi connectivity index (χ1v) is 7.36. The van der Waals surface area contributed by atoms with Crippen LogP contribution in [0.4, 0.5) is 0 Å². The molecule has 4 N–H and O–H groups in total. The fourth-order valence-electron chi connectivity index (χ4n) is 1.94. The fraction of sp³-hybridized carbons (Fsp3) is 0.111. The highest BCUT2D eigenvalue weighted by Gasteiger charge is 2.14. The summed E-state index contributed by atoms with van der Waals surface area (Å²) in [5.41, 5.74) is 1.10. The van der Waals surface area contributed by atoms with Crippen molar-refractivity contribution in [3.8, 4) is 5.75 Å². The molecule has 6 nitrogen and oxygen atoms in total. The number of carbonyl (C=O) groups is 2. The molecule has 6 heteroatoms. The highest BCUT2D eigenvalue weighted by Crippen LogP contribution is 2.12. The molecule has 124 valence electrons. The monoisotopic (exact) mass is 326 g/mol. The summed E-state index contributed by atoms with van der Waals surface area (Å²) in [7, 11) is 0. The lowest BCUT2D eigenvalue weighted by Crippen LogP contribution is -2.36. The summed E-state index contributed by atoms with van der Waals surface area (Å²) in [4.78, 5) is 24.4. The summed E-state index contributed by atoms with van der Waals surface area (Å²) in [6.07, 6.45) is 1.49. The number of carbonyl (C=O) groups excluding carboxylic acids is 2. The Labute approximate surface area is 139 Å². The molecule has 0 aliphatic heterocycles. The number of nitrogens with one attached hydrogen (secondary N) is 2. The molecule has 0 aliphatic carbocycles. The normalized spacial score (nSPS) is 11.0. The first-order valence-electron chi connectivity index (χ1n) is 7.36. The van der Waals surface area contributed by atoms with E-state index in [4.69, 9.17) is 5.11 Å². The Balaban J connectivity index is 2.23. The van der Waals surface area contributed by atoms with Gasteiger partial charge in [0.1, 0.15) is 11.4 Å². The lowest BCUT2D eigenvalue weighted by atomic mass is 10.1. The van der Waals surface area contributed by atoms with E-state index in [1.54, 1.807) is 42.5 Å². The highest BCUT2D eigenvalue weighted by atomic mass is 16.3. The third kappa shape index (κ3) is 4.96. The zero-order chi connectivity index (χ0) is 17.4. The van der Waals surface area contributed by atoms with Gasteiger partial charge in [0.05, 0.1) is 6.61 Å². The van der Waals surface area contributed by atoms with Gasteiger partial charge in [-0.05, 0) is 35.9 Å². The summed E-state index contributed by atoms with van der Waals surface area (Å²) in [5, 5.41) is 23.2. The highest BCUT2D eigenvalue weighted by molar-refractivity contribution is 6.05. The standard InChI is InChI=1S/C18H18N2O4/c21-11-10-19-18(24)16(12-13-6-8-15(22)9-7-13)20-17(23)14-4-2-1-3-5-14/h1-9,12,21-22H,10-11H2,(H,19,24)(H,20,23). The van der Waals surface area contributed by atoms with Crippen molar-refractivity contribution in [2.24, 2.45) is 0 Å². The Morgan fingerprint density at radius 2 is 1.67 bits per heavy atom. The Morgan fingerprint density at radius 1 is 1.00 bits per heavy atom. The van der Waals surface area contributed by atoms with Crippen molar-refractivity contribution in [3.63, 3.8) is 0 Å². The van der Waals surface area contributed by atoms with E-state index in [1.807, 2.05) is 0 Å². The van der Waals surface area contributed by atoms with E-state index in [9.17, 15) is 14.7 Å². The fourth-order valence-corrected chi connectivity index (χ4v) is 1.94. The van der Waals surface area contributed by atoms with Gasteiger partial charge in [0.15, 0.2) is 0 Å². The zero-order valence-corrected chi connectivity index (χ0v) is 12.9. The summed E-state index contributed by atoms with van der Waals surface area (Å²) >= 11 is 0. The van der Waals surface area contributed by atoms with Crippen LogP contribution >= 0.6 is 0 Å². The number of hydrogen-bond donors (Lipinski definition) is 4. The molecule has 0 aromatic heterocycles. The van der Waals surface area contributed by atoms with Gasteiger partial charge < -0.3 is 20.8 Å².